The number of nitrogens with zero attached hydrogens (tertiary/aromatic N) is 1. The van der Waals surface area contributed by atoms with Gasteiger partial charge in [-0.25, -0.2) is 4.57 Å². The van der Waals surface area contributed by atoms with Gasteiger partial charge in [-0.3, -0.25) is 28.7 Å². The maximum absolute atomic E-state index is 14.1. The summed E-state index contributed by atoms with van der Waals surface area (Å²) in [5, 5.41) is 24.8. The zero-order chi connectivity index (χ0) is 43.1. The molecule has 1 fully saturated rings. The number of aliphatic hydroxyl groups excluding tert-OH is 1. The summed E-state index contributed by atoms with van der Waals surface area (Å²) >= 11 is 0. The van der Waals surface area contributed by atoms with Crippen molar-refractivity contribution >= 4 is 42.2 Å². The van der Waals surface area contributed by atoms with E-state index in [1.807, 2.05) is 64.1 Å². The van der Waals surface area contributed by atoms with E-state index in [-0.39, 0.29) is 36.6 Å². The molecule has 324 valence electrons. The molecule has 7 N–H and O–H groups in total. The maximum atomic E-state index is 14.1. The Morgan fingerprint density at radius 3 is 2.20 bits per heavy atom. The topological polar surface area (TPSA) is 226 Å². The second-order valence-corrected chi connectivity index (χ2v) is 17.2. The minimum absolute atomic E-state index is 0.0611. The highest BCUT2D eigenvalue weighted by Gasteiger charge is 2.38. The molecule has 0 bridgehead atoms. The van der Waals surface area contributed by atoms with E-state index in [0.29, 0.717) is 24.3 Å². The van der Waals surface area contributed by atoms with Gasteiger partial charge >= 0.3 is 7.82 Å². The van der Waals surface area contributed by atoms with Gasteiger partial charge in [0.2, 0.25) is 17.7 Å². The first-order valence-electron chi connectivity index (χ1n) is 20.7. The third-order valence-corrected chi connectivity index (χ3v) is 11.8. The number of benzene rings is 2. The molecule has 16 heteroatoms. The fourth-order valence-corrected chi connectivity index (χ4v) is 8.13. The summed E-state index contributed by atoms with van der Waals surface area (Å²) < 4.78 is 22.6. The zero-order valence-corrected chi connectivity index (χ0v) is 35.6. The van der Waals surface area contributed by atoms with E-state index in [4.69, 9.17) is 9.26 Å². The first-order chi connectivity index (χ1) is 28.1. The number of phosphoric acid groups is 1. The second-order valence-electron chi connectivity index (χ2n) is 16.0. The molecule has 0 spiro atoms. The molecule has 3 unspecified atom stereocenters. The average Bonchev–Trinajstić information content (AvgIpc) is 3.21. The summed E-state index contributed by atoms with van der Waals surface area (Å²) in [5.41, 5.74) is 0.669. The van der Waals surface area contributed by atoms with Crippen molar-refractivity contribution in [1.29, 1.82) is 0 Å². The third-order valence-electron chi connectivity index (χ3n) is 11.2. The Morgan fingerprint density at radius 2 is 1.54 bits per heavy atom. The fourth-order valence-electron chi connectivity index (χ4n) is 7.58. The number of carbonyl (C=O) groups excluding carboxylic acids is 4. The van der Waals surface area contributed by atoms with Gasteiger partial charge < -0.3 is 40.9 Å². The molecule has 0 radical (unpaired) electrons. The van der Waals surface area contributed by atoms with Gasteiger partial charge in [-0.2, -0.15) is 0 Å². The molecule has 7 atom stereocenters. The van der Waals surface area contributed by atoms with Gasteiger partial charge in [0.1, 0.15) is 17.8 Å². The van der Waals surface area contributed by atoms with Crippen LogP contribution in [0.25, 0.3) is 10.8 Å². The van der Waals surface area contributed by atoms with E-state index in [0.717, 1.165) is 42.9 Å². The Hall–Kier alpha value is -4.40. The number of hydrogen-bond donors (Lipinski definition) is 7. The number of rotatable bonds is 22. The van der Waals surface area contributed by atoms with Crippen LogP contribution in [-0.4, -0.2) is 80.4 Å². The minimum Gasteiger partial charge on any atom is -0.483 e. The number of aromatic nitrogens is 1. The molecule has 0 aliphatic heterocycles. The van der Waals surface area contributed by atoms with Gasteiger partial charge in [-0.15, -0.1) is 0 Å². The monoisotopic (exact) mass is 839 g/mol. The van der Waals surface area contributed by atoms with E-state index in [1.165, 1.54) is 6.92 Å². The standard InChI is InChI=1S/C43H62N5O10P/c1-6-28(4)39(42(52)45-25-32-19-12-13-22-44-32)48-41(51)34(27(2)3)24-36(49)35(23-30-15-8-7-9-16-30)46-43(53)40(29(5)58-59(54,55)56)47-38(50)26-57-37-21-14-18-31-17-10-11-20-33(31)37/h10-14,17-22,27-30,34-36,39-40,49H,6-9,15-16,23-26H2,1-5H3,(H,45,52)(H,46,53)(H,47,50)(H,48,51)(H2,54,55,56)/t28-,29?,34-,35?,36-,39?,40-/m0/s1. The normalized spacial score (nSPS) is 17.2. The quantitative estimate of drug-likeness (QED) is 0.0673. The van der Waals surface area contributed by atoms with Crippen LogP contribution in [-0.2, 0) is 34.8 Å². The molecule has 1 saturated carbocycles. The number of hydrogen-bond acceptors (Lipinski definition) is 9. The van der Waals surface area contributed by atoms with Crippen LogP contribution < -0.4 is 26.0 Å². The second kappa shape index (κ2) is 22.8. The van der Waals surface area contributed by atoms with Crippen molar-refractivity contribution in [2.24, 2.45) is 23.7 Å². The zero-order valence-electron chi connectivity index (χ0n) is 34.7. The lowest BCUT2D eigenvalue weighted by Gasteiger charge is -2.34. The highest BCUT2D eigenvalue weighted by Crippen LogP contribution is 2.38. The molecular formula is C43H62N5O10P. The molecule has 1 aliphatic carbocycles. The first-order valence-corrected chi connectivity index (χ1v) is 22.2. The molecule has 4 amide bonds. The van der Waals surface area contributed by atoms with Gasteiger partial charge in [0, 0.05) is 17.5 Å². The molecule has 15 nitrogen and oxygen atoms in total. The van der Waals surface area contributed by atoms with Crippen LogP contribution in [0.15, 0.2) is 66.9 Å². The van der Waals surface area contributed by atoms with Crippen molar-refractivity contribution in [2.75, 3.05) is 6.61 Å². The molecular weight excluding hydrogens is 777 g/mol. The fraction of sp³-hybridized carbons (Fsp3) is 0.558. The Balaban J connectivity index is 1.51. The number of aliphatic hydroxyl groups is 1. The van der Waals surface area contributed by atoms with Crippen LogP contribution in [0.3, 0.4) is 0 Å². The summed E-state index contributed by atoms with van der Waals surface area (Å²) in [6, 6.07) is 14.8. The highest BCUT2D eigenvalue weighted by molar-refractivity contribution is 7.46. The van der Waals surface area contributed by atoms with Gasteiger partial charge in [-0.1, -0.05) is 109 Å². The van der Waals surface area contributed by atoms with Gasteiger partial charge in [-0.05, 0) is 61.1 Å². The van der Waals surface area contributed by atoms with Crippen molar-refractivity contribution < 1.29 is 47.9 Å². The summed E-state index contributed by atoms with van der Waals surface area (Å²) in [6.45, 7) is 8.42. The summed E-state index contributed by atoms with van der Waals surface area (Å²) in [7, 11) is -5.11. The number of nitrogens with one attached hydrogen (secondary N) is 4. The lowest BCUT2D eigenvalue weighted by Crippen LogP contribution is -2.58. The number of amides is 4. The highest BCUT2D eigenvalue weighted by atomic mass is 31.2. The van der Waals surface area contributed by atoms with Crippen molar-refractivity contribution in [1.82, 2.24) is 26.3 Å². The lowest BCUT2D eigenvalue weighted by molar-refractivity contribution is -0.135. The molecule has 1 aromatic heterocycles. The summed E-state index contributed by atoms with van der Waals surface area (Å²) in [6.07, 6.45) is 4.60. The number of phosphoric ester groups is 1. The summed E-state index contributed by atoms with van der Waals surface area (Å²) in [5.74, 6) is -3.01. The van der Waals surface area contributed by atoms with E-state index >= 15 is 0 Å². The predicted octanol–water partition coefficient (Wildman–Crippen LogP) is 4.92. The molecule has 3 aromatic rings. The SMILES string of the molecule is CC[C@H](C)C(NC(=O)[C@@H](C[C@H](O)C(CC1CCCCC1)NC(=O)[C@@H](NC(=O)COc1cccc2ccccc12)C(C)OP(=O)(O)O)C(C)C)C(=O)NCc1ccccn1. The number of fused-ring (bicyclic) bond motifs is 1. The van der Waals surface area contributed by atoms with E-state index in [2.05, 4.69) is 26.3 Å². The molecule has 1 aliphatic rings. The van der Waals surface area contributed by atoms with Gasteiger partial charge in [0.05, 0.1) is 30.5 Å². The molecule has 1 heterocycles. The lowest BCUT2D eigenvalue weighted by atomic mass is 9.81. The van der Waals surface area contributed by atoms with Crippen molar-refractivity contribution in [2.45, 2.75) is 123 Å². The molecule has 59 heavy (non-hydrogen) atoms. The van der Waals surface area contributed by atoms with Crippen molar-refractivity contribution in [3.05, 3.63) is 72.6 Å². The first kappa shape index (κ1) is 47.3. The Morgan fingerprint density at radius 1 is 0.847 bits per heavy atom. The van der Waals surface area contributed by atoms with E-state index < -0.39 is 68.4 Å². The van der Waals surface area contributed by atoms with Crippen LogP contribution in [0.5, 0.6) is 5.75 Å². The molecule has 4 rings (SSSR count). The maximum Gasteiger partial charge on any atom is 0.469 e. The van der Waals surface area contributed by atoms with Crippen molar-refractivity contribution in [3.63, 3.8) is 0 Å². The molecule has 0 saturated heterocycles. The van der Waals surface area contributed by atoms with Crippen LogP contribution in [0, 0.1) is 23.7 Å². The Labute approximate surface area is 347 Å². The average molecular weight is 840 g/mol. The van der Waals surface area contributed by atoms with Gasteiger partial charge in [0.25, 0.3) is 5.91 Å². The van der Waals surface area contributed by atoms with E-state index in [9.17, 15) is 38.6 Å². The summed E-state index contributed by atoms with van der Waals surface area (Å²) in [4.78, 5) is 78.4. The van der Waals surface area contributed by atoms with Crippen LogP contribution >= 0.6 is 7.82 Å². The Kier molecular flexibility index (Phi) is 18.3. The largest absolute Gasteiger partial charge is 0.483 e. The van der Waals surface area contributed by atoms with E-state index in [1.54, 1.807) is 30.5 Å². The van der Waals surface area contributed by atoms with Crippen LogP contribution in [0.2, 0.25) is 0 Å². The van der Waals surface area contributed by atoms with Crippen LogP contribution in [0.4, 0.5) is 0 Å². The Bertz CT molecular complexity index is 1870. The predicted molar refractivity (Wildman–Crippen MR) is 224 cm³/mol. The number of pyridine rings is 1. The van der Waals surface area contributed by atoms with Crippen LogP contribution in [0.1, 0.15) is 91.7 Å². The number of carbonyl (C=O) groups is 4. The van der Waals surface area contributed by atoms with Gasteiger partial charge in [0.15, 0.2) is 6.61 Å². The smallest absolute Gasteiger partial charge is 0.469 e. The third kappa shape index (κ3) is 15.0. The number of ether oxygens (including phenoxy) is 1. The van der Waals surface area contributed by atoms with Crippen molar-refractivity contribution in [3.8, 4) is 5.75 Å². The molecule has 2 aromatic carbocycles. The minimum atomic E-state index is -5.11.